The Morgan fingerprint density at radius 2 is 1.55 bits per heavy atom. The summed E-state index contributed by atoms with van der Waals surface area (Å²) in [5.74, 6) is 0.0998. The lowest BCUT2D eigenvalue weighted by Crippen LogP contribution is -2.08. The van der Waals surface area contributed by atoms with E-state index < -0.39 is 9.84 Å². The molecule has 2 N–H and O–H groups in total. The maximum atomic E-state index is 13.9. The fraction of sp³-hybridized carbons (Fsp3) is 0.154. The fourth-order valence-corrected chi connectivity index (χ4v) is 5.61. The number of sulfone groups is 1. The summed E-state index contributed by atoms with van der Waals surface area (Å²) in [5.41, 5.74) is 12.4. The van der Waals surface area contributed by atoms with Crippen LogP contribution in [0.1, 0.15) is 23.6 Å². The van der Waals surface area contributed by atoms with Crippen molar-refractivity contribution in [1.29, 1.82) is 0 Å². The van der Waals surface area contributed by atoms with E-state index in [0.29, 0.717) is 16.7 Å². The number of nitrogens with zero attached hydrogens (tertiary/aromatic N) is 3. The molecule has 0 amide bonds. The minimum atomic E-state index is -3.95. The van der Waals surface area contributed by atoms with E-state index >= 15 is 0 Å². The number of aryl methyl sites for hydroxylation is 3. The van der Waals surface area contributed by atoms with E-state index in [1.54, 1.807) is 16.7 Å². The lowest BCUT2D eigenvalue weighted by molar-refractivity contribution is 0.597. The molecule has 0 aliphatic heterocycles. The van der Waals surface area contributed by atoms with Crippen LogP contribution < -0.4 is 5.73 Å². The van der Waals surface area contributed by atoms with Crippen LogP contribution in [0.2, 0.25) is 0 Å². The minimum Gasteiger partial charge on any atom is -0.384 e. The van der Waals surface area contributed by atoms with Gasteiger partial charge < -0.3 is 5.73 Å². The van der Waals surface area contributed by atoms with Gasteiger partial charge in [0.1, 0.15) is 16.2 Å². The molecule has 2 aromatic heterocycles. The van der Waals surface area contributed by atoms with Gasteiger partial charge in [0.25, 0.3) is 0 Å². The molecule has 0 atom stereocenters. The van der Waals surface area contributed by atoms with Gasteiger partial charge in [-0.25, -0.2) is 18.4 Å². The number of aromatic nitrogens is 3. The van der Waals surface area contributed by atoms with Crippen molar-refractivity contribution >= 4 is 37.9 Å². The van der Waals surface area contributed by atoms with Gasteiger partial charge in [-0.15, -0.1) is 0 Å². The second-order valence-corrected chi connectivity index (χ2v) is 10.1. The molecule has 166 valence electrons. The number of fused-ring (bicyclic) bond motifs is 2. The molecule has 3 aromatic carbocycles. The van der Waals surface area contributed by atoms with Crippen LogP contribution in [0.15, 0.2) is 76.5 Å². The highest BCUT2D eigenvalue weighted by atomic mass is 32.2. The molecule has 0 fully saturated rings. The van der Waals surface area contributed by atoms with Gasteiger partial charge in [0.15, 0.2) is 5.65 Å². The van der Waals surface area contributed by atoms with Crippen molar-refractivity contribution in [3.8, 4) is 5.69 Å². The van der Waals surface area contributed by atoms with E-state index in [-0.39, 0.29) is 21.1 Å². The normalized spacial score (nSPS) is 12.0. The number of nitrogens with two attached hydrogens (primary N) is 1. The number of rotatable bonds is 4. The second kappa shape index (κ2) is 7.71. The Balaban J connectivity index is 1.87. The highest BCUT2D eigenvalue weighted by molar-refractivity contribution is 7.92. The van der Waals surface area contributed by atoms with E-state index in [2.05, 4.69) is 6.92 Å². The second-order valence-electron chi connectivity index (χ2n) is 8.20. The Labute approximate surface area is 192 Å². The first-order valence-corrected chi connectivity index (χ1v) is 12.3. The summed E-state index contributed by atoms with van der Waals surface area (Å²) in [6.45, 7) is 5.92. The van der Waals surface area contributed by atoms with Crippen molar-refractivity contribution in [3.63, 3.8) is 0 Å². The number of anilines is 1. The zero-order chi connectivity index (χ0) is 23.3. The third kappa shape index (κ3) is 3.36. The summed E-state index contributed by atoms with van der Waals surface area (Å²) in [6.07, 6.45) is 0.902. The Kier molecular flexibility index (Phi) is 4.94. The van der Waals surface area contributed by atoms with Gasteiger partial charge in [-0.1, -0.05) is 37.3 Å². The number of hydrogen-bond donors (Lipinski definition) is 1. The van der Waals surface area contributed by atoms with Crippen molar-refractivity contribution < 1.29 is 8.42 Å². The number of benzene rings is 3. The van der Waals surface area contributed by atoms with Crippen LogP contribution in [0.25, 0.3) is 27.9 Å². The summed E-state index contributed by atoms with van der Waals surface area (Å²) >= 11 is 0. The maximum Gasteiger partial charge on any atom is 0.212 e. The SMILES string of the molecule is CCc1ccc(-n2c(N)c(S(=O)(=O)c3ccc(C)c(C)c3)c3nc4ccccc4nc32)cc1. The molecule has 0 saturated heterocycles. The van der Waals surface area contributed by atoms with E-state index in [4.69, 9.17) is 15.7 Å². The third-order valence-corrected chi connectivity index (χ3v) is 7.93. The van der Waals surface area contributed by atoms with Crippen molar-refractivity contribution in [1.82, 2.24) is 14.5 Å². The van der Waals surface area contributed by atoms with E-state index in [9.17, 15) is 8.42 Å². The first-order chi connectivity index (χ1) is 15.8. The first-order valence-electron chi connectivity index (χ1n) is 10.8. The molecule has 0 bridgehead atoms. The van der Waals surface area contributed by atoms with E-state index in [1.165, 1.54) is 5.56 Å². The summed E-state index contributed by atoms with van der Waals surface area (Å²) in [6, 6.07) is 20.4. The topological polar surface area (TPSA) is 90.9 Å². The molecule has 5 rings (SSSR count). The third-order valence-electron chi connectivity index (χ3n) is 6.11. The molecule has 5 aromatic rings. The van der Waals surface area contributed by atoms with Gasteiger partial charge in [0.2, 0.25) is 9.84 Å². The van der Waals surface area contributed by atoms with Crippen molar-refractivity contribution in [2.45, 2.75) is 37.0 Å². The van der Waals surface area contributed by atoms with Gasteiger partial charge in [-0.2, -0.15) is 0 Å². The zero-order valence-electron chi connectivity index (χ0n) is 18.7. The molecule has 7 heteroatoms. The average Bonchev–Trinajstić information content (AvgIpc) is 3.10. The lowest BCUT2D eigenvalue weighted by atomic mass is 10.1. The van der Waals surface area contributed by atoms with Crippen LogP contribution in [0.5, 0.6) is 0 Å². The Hall–Kier alpha value is -3.71. The van der Waals surface area contributed by atoms with Crippen molar-refractivity contribution in [2.24, 2.45) is 0 Å². The van der Waals surface area contributed by atoms with Crippen LogP contribution in [-0.2, 0) is 16.3 Å². The largest absolute Gasteiger partial charge is 0.384 e. The lowest BCUT2D eigenvalue weighted by Gasteiger charge is -2.10. The van der Waals surface area contributed by atoms with Crippen molar-refractivity contribution in [2.75, 3.05) is 5.73 Å². The number of nitrogen functional groups attached to an aromatic ring is 1. The highest BCUT2D eigenvalue weighted by Crippen LogP contribution is 2.37. The number of hydrogen-bond acceptors (Lipinski definition) is 5. The smallest absolute Gasteiger partial charge is 0.212 e. The summed E-state index contributed by atoms with van der Waals surface area (Å²) in [4.78, 5) is 9.65. The van der Waals surface area contributed by atoms with Gasteiger partial charge in [0.05, 0.1) is 15.9 Å². The van der Waals surface area contributed by atoms with Gasteiger partial charge in [-0.3, -0.25) is 4.57 Å². The molecule has 0 aliphatic rings. The van der Waals surface area contributed by atoms with Crippen LogP contribution in [0.3, 0.4) is 0 Å². The monoisotopic (exact) mass is 456 g/mol. The molecule has 0 saturated carbocycles. The fourth-order valence-electron chi connectivity index (χ4n) is 4.04. The molecule has 33 heavy (non-hydrogen) atoms. The van der Waals surface area contributed by atoms with Crippen LogP contribution in [0.4, 0.5) is 5.82 Å². The molecule has 0 aliphatic carbocycles. The Morgan fingerprint density at radius 1 is 0.879 bits per heavy atom. The van der Waals surface area contributed by atoms with Gasteiger partial charge in [0, 0.05) is 5.69 Å². The summed E-state index contributed by atoms with van der Waals surface area (Å²) in [5, 5.41) is 0. The Bertz CT molecular complexity index is 1640. The van der Waals surface area contributed by atoms with E-state index in [0.717, 1.165) is 23.2 Å². The molecule has 0 unspecified atom stereocenters. The highest BCUT2D eigenvalue weighted by Gasteiger charge is 2.31. The van der Waals surface area contributed by atoms with Crippen LogP contribution >= 0.6 is 0 Å². The molecule has 0 spiro atoms. The van der Waals surface area contributed by atoms with Gasteiger partial charge in [-0.05, 0) is 73.4 Å². The first kappa shape index (κ1) is 21.2. The van der Waals surface area contributed by atoms with Gasteiger partial charge >= 0.3 is 0 Å². The molecule has 6 nitrogen and oxygen atoms in total. The number of para-hydroxylation sites is 2. The van der Waals surface area contributed by atoms with Crippen LogP contribution in [0, 0.1) is 13.8 Å². The summed E-state index contributed by atoms with van der Waals surface area (Å²) in [7, 11) is -3.95. The molecular weight excluding hydrogens is 432 g/mol. The minimum absolute atomic E-state index is 0.0152. The predicted octanol–water partition coefficient (Wildman–Crippen LogP) is 5.17. The predicted molar refractivity (Wildman–Crippen MR) is 132 cm³/mol. The molecular formula is C26H24N4O2S. The summed E-state index contributed by atoms with van der Waals surface area (Å²) < 4.78 is 29.4. The zero-order valence-corrected chi connectivity index (χ0v) is 19.5. The molecule has 0 radical (unpaired) electrons. The standard InChI is InChI=1S/C26H24N4O2S/c1-4-18-10-12-19(13-11-18)30-25(27)24(33(31,32)20-14-9-16(2)17(3)15-20)23-26(30)29-22-8-6-5-7-21(22)28-23/h5-15H,4,27H2,1-3H3. The van der Waals surface area contributed by atoms with Crippen molar-refractivity contribution in [3.05, 3.63) is 83.4 Å². The van der Waals surface area contributed by atoms with E-state index in [1.807, 2.05) is 68.4 Å². The van der Waals surface area contributed by atoms with Crippen LogP contribution in [-0.4, -0.2) is 23.0 Å². The maximum absolute atomic E-state index is 13.9. The quantitative estimate of drug-likeness (QED) is 0.403. The molecule has 2 heterocycles. The Morgan fingerprint density at radius 3 is 2.18 bits per heavy atom. The average molecular weight is 457 g/mol.